The molecule has 256 valence electrons. The van der Waals surface area contributed by atoms with E-state index in [1.165, 1.54) is 12.7 Å². The molecule has 0 saturated heterocycles. The van der Waals surface area contributed by atoms with Crippen molar-refractivity contribution < 1.29 is 32.1 Å². The Morgan fingerprint density at radius 1 is 0.519 bits per heavy atom. The van der Waals surface area contributed by atoms with Gasteiger partial charge in [0.15, 0.2) is 0 Å². The molecule has 0 saturated carbocycles. The molecule has 4 aromatic carbocycles. The van der Waals surface area contributed by atoms with Crippen LogP contribution in [0.5, 0.6) is 46.3 Å². The first-order chi connectivity index (χ1) is 25.2. The Hall–Kier alpha value is -7.02. The lowest BCUT2D eigenvalue weighted by atomic mass is 10.1. The smallest absolute Gasteiger partial charge is 0.417 e. The number of aromatic nitrogens is 6. The molecule has 0 aliphatic rings. The third kappa shape index (κ3) is 6.87. The van der Waals surface area contributed by atoms with Crippen LogP contribution in [0.2, 0.25) is 0 Å². The molecule has 8 rings (SSSR count). The molecular weight excluding hydrogens is 673 g/mol. The minimum absolute atomic E-state index is 0.0115. The summed E-state index contributed by atoms with van der Waals surface area (Å²) in [5.41, 5.74) is 1.72. The summed E-state index contributed by atoms with van der Waals surface area (Å²) < 4.78 is 64.9. The molecule has 0 spiro atoms. The Balaban J connectivity index is 1.09. The molecule has 52 heavy (non-hydrogen) atoms. The van der Waals surface area contributed by atoms with Gasteiger partial charge in [-0.1, -0.05) is 18.2 Å². The highest BCUT2D eigenvalue weighted by Gasteiger charge is 2.30. The summed E-state index contributed by atoms with van der Waals surface area (Å²) in [5, 5.41) is 1.84. The molecule has 0 unspecified atom stereocenters. The van der Waals surface area contributed by atoms with E-state index in [1.807, 2.05) is 78.2 Å². The predicted molar refractivity (Wildman–Crippen MR) is 186 cm³/mol. The third-order valence-corrected chi connectivity index (χ3v) is 7.87. The van der Waals surface area contributed by atoms with Gasteiger partial charge >= 0.3 is 6.18 Å². The van der Waals surface area contributed by atoms with E-state index >= 15 is 0 Å². The van der Waals surface area contributed by atoms with Crippen molar-refractivity contribution in [2.75, 3.05) is 0 Å². The number of hydrogen-bond donors (Lipinski definition) is 0. The van der Waals surface area contributed by atoms with Crippen molar-refractivity contribution in [2.24, 2.45) is 0 Å². The summed E-state index contributed by atoms with van der Waals surface area (Å²) in [5.74, 6) is 3.89. The molecule has 10 nitrogen and oxygen atoms in total. The molecule has 0 amide bonds. The maximum atomic E-state index is 12.9. The van der Waals surface area contributed by atoms with Crippen LogP contribution in [0.3, 0.4) is 0 Å². The van der Waals surface area contributed by atoms with E-state index in [4.69, 9.17) is 18.9 Å². The van der Waals surface area contributed by atoms with E-state index in [1.54, 1.807) is 36.5 Å². The van der Waals surface area contributed by atoms with Crippen molar-refractivity contribution in [3.8, 4) is 52.2 Å². The monoisotopic (exact) mass is 698 g/mol. The molecule has 0 atom stereocenters. The standard InChI is InChI=1S/C39H25F3N6O4/c1-24-8-14-36(44-20-24)51-28-6-2-4-26(16-28)49-30-10-12-32-33-13-11-31(19-35(33)48(34(32)18-30)38-46-22-43-23-47-38)50-27-5-3-7-29(17-27)52-37-15-9-25(21-45-37)39(40,41)42/h2-23H,1H3. The van der Waals surface area contributed by atoms with E-state index in [-0.39, 0.29) is 5.88 Å². The second kappa shape index (κ2) is 13.4. The second-order valence-corrected chi connectivity index (χ2v) is 11.5. The van der Waals surface area contributed by atoms with Gasteiger partial charge in [-0.3, -0.25) is 4.57 Å². The van der Waals surface area contributed by atoms with Gasteiger partial charge in [0.05, 0.1) is 16.6 Å². The van der Waals surface area contributed by atoms with Crippen LogP contribution in [-0.2, 0) is 6.18 Å². The average Bonchev–Trinajstić information content (AvgIpc) is 3.46. The highest BCUT2D eigenvalue weighted by molar-refractivity contribution is 6.09. The number of aryl methyl sites for hydroxylation is 1. The number of alkyl halides is 3. The maximum Gasteiger partial charge on any atom is 0.417 e. The van der Waals surface area contributed by atoms with Crippen molar-refractivity contribution in [3.63, 3.8) is 0 Å². The first kappa shape index (κ1) is 32.2. The van der Waals surface area contributed by atoms with Gasteiger partial charge in [-0.2, -0.15) is 13.2 Å². The summed E-state index contributed by atoms with van der Waals surface area (Å²) in [6.07, 6.45) is 0.822. The van der Waals surface area contributed by atoms with Crippen LogP contribution in [0, 0.1) is 6.92 Å². The number of rotatable bonds is 9. The highest BCUT2D eigenvalue weighted by Crippen LogP contribution is 2.38. The molecule has 0 N–H and O–H groups in total. The molecule has 0 bridgehead atoms. The molecule has 4 heterocycles. The zero-order valence-corrected chi connectivity index (χ0v) is 27.2. The van der Waals surface area contributed by atoms with Crippen LogP contribution in [0.4, 0.5) is 13.2 Å². The fourth-order valence-corrected chi connectivity index (χ4v) is 5.51. The fraction of sp³-hybridized carbons (Fsp3) is 0.0513. The Kier molecular flexibility index (Phi) is 8.27. The number of pyridine rings is 2. The summed E-state index contributed by atoms with van der Waals surface area (Å²) in [6, 6.07) is 31.2. The molecule has 4 aromatic heterocycles. The van der Waals surface area contributed by atoms with E-state index in [0.29, 0.717) is 46.3 Å². The lowest BCUT2D eigenvalue weighted by Gasteiger charge is -2.11. The van der Waals surface area contributed by atoms with Gasteiger partial charge < -0.3 is 18.9 Å². The van der Waals surface area contributed by atoms with E-state index in [2.05, 4.69) is 24.9 Å². The van der Waals surface area contributed by atoms with Crippen molar-refractivity contribution >= 4 is 21.8 Å². The zero-order chi connectivity index (χ0) is 35.7. The van der Waals surface area contributed by atoms with Crippen LogP contribution < -0.4 is 18.9 Å². The van der Waals surface area contributed by atoms with Crippen molar-refractivity contribution in [1.29, 1.82) is 0 Å². The Morgan fingerprint density at radius 3 is 1.50 bits per heavy atom. The first-order valence-corrected chi connectivity index (χ1v) is 15.8. The minimum Gasteiger partial charge on any atom is -0.457 e. The highest BCUT2D eigenvalue weighted by atomic mass is 19.4. The SMILES string of the molecule is Cc1ccc(Oc2cccc(Oc3ccc4c5ccc(Oc6cccc(Oc7ccc(C(F)(F)F)cn7)c6)cc5n(-c5ncncn5)c4c3)c2)nc1. The van der Waals surface area contributed by atoms with Gasteiger partial charge in [-0.05, 0) is 67.1 Å². The normalized spacial score (nSPS) is 11.5. The molecule has 8 aromatic rings. The summed E-state index contributed by atoms with van der Waals surface area (Å²) in [4.78, 5) is 20.9. The summed E-state index contributed by atoms with van der Waals surface area (Å²) in [7, 11) is 0. The van der Waals surface area contributed by atoms with Gasteiger partial charge in [0.1, 0.15) is 47.2 Å². The third-order valence-electron chi connectivity index (χ3n) is 7.87. The molecule has 0 aliphatic heterocycles. The zero-order valence-electron chi connectivity index (χ0n) is 27.2. The predicted octanol–water partition coefficient (Wildman–Crippen LogP) is 10.3. The Morgan fingerprint density at radius 2 is 1.02 bits per heavy atom. The number of hydrogen-bond acceptors (Lipinski definition) is 9. The summed E-state index contributed by atoms with van der Waals surface area (Å²) >= 11 is 0. The molecular formula is C39H25F3N6O4. The van der Waals surface area contributed by atoms with Gasteiger partial charge in [-0.25, -0.2) is 24.9 Å². The van der Waals surface area contributed by atoms with Crippen molar-refractivity contribution in [3.05, 3.63) is 145 Å². The minimum atomic E-state index is -4.49. The molecule has 0 aliphatic carbocycles. The van der Waals surface area contributed by atoms with Gasteiger partial charge in [0.2, 0.25) is 17.7 Å². The molecule has 0 fully saturated rings. The van der Waals surface area contributed by atoms with E-state index in [0.717, 1.165) is 45.7 Å². The van der Waals surface area contributed by atoms with Crippen molar-refractivity contribution in [2.45, 2.75) is 13.1 Å². The summed E-state index contributed by atoms with van der Waals surface area (Å²) in [6.45, 7) is 1.96. The fourth-order valence-electron chi connectivity index (χ4n) is 5.51. The van der Waals surface area contributed by atoms with Gasteiger partial charge in [-0.15, -0.1) is 0 Å². The quantitative estimate of drug-likeness (QED) is 0.146. The number of fused-ring (bicyclic) bond motifs is 3. The Bertz CT molecular complexity index is 2530. The van der Waals surface area contributed by atoms with E-state index < -0.39 is 11.7 Å². The number of benzene rings is 4. The number of nitrogens with zero attached hydrogens (tertiary/aromatic N) is 6. The molecule has 13 heteroatoms. The van der Waals surface area contributed by atoms with Gasteiger partial charge in [0, 0.05) is 59.6 Å². The average molecular weight is 699 g/mol. The Labute approximate surface area is 293 Å². The first-order valence-electron chi connectivity index (χ1n) is 15.8. The molecule has 0 radical (unpaired) electrons. The van der Waals surface area contributed by atoms with Crippen LogP contribution >= 0.6 is 0 Å². The van der Waals surface area contributed by atoms with E-state index in [9.17, 15) is 13.2 Å². The van der Waals surface area contributed by atoms with Crippen LogP contribution in [0.1, 0.15) is 11.1 Å². The number of ether oxygens (including phenoxy) is 4. The topological polar surface area (TPSA) is 106 Å². The van der Waals surface area contributed by atoms with Crippen LogP contribution in [-0.4, -0.2) is 29.5 Å². The lowest BCUT2D eigenvalue weighted by Crippen LogP contribution is -2.05. The van der Waals surface area contributed by atoms with Crippen LogP contribution in [0.25, 0.3) is 27.8 Å². The maximum absolute atomic E-state index is 12.9. The number of halogens is 3. The van der Waals surface area contributed by atoms with Crippen LogP contribution in [0.15, 0.2) is 134 Å². The van der Waals surface area contributed by atoms with Gasteiger partial charge in [0.25, 0.3) is 0 Å². The van der Waals surface area contributed by atoms with Crippen molar-refractivity contribution in [1.82, 2.24) is 29.5 Å². The largest absolute Gasteiger partial charge is 0.457 e. The lowest BCUT2D eigenvalue weighted by molar-refractivity contribution is -0.137. The second-order valence-electron chi connectivity index (χ2n) is 11.5.